The van der Waals surface area contributed by atoms with Crippen LogP contribution in [0, 0.1) is 0 Å². The summed E-state index contributed by atoms with van der Waals surface area (Å²) in [6.07, 6.45) is 0.509. The molecule has 0 atom stereocenters. The van der Waals surface area contributed by atoms with Gasteiger partial charge in [0.05, 0.1) is 22.3 Å². The molecule has 1 saturated heterocycles. The molecular formula is C16H15Cl3N2O4S2. The van der Waals surface area contributed by atoms with E-state index in [2.05, 4.69) is 4.72 Å². The molecule has 1 N–H and O–H groups in total. The Morgan fingerprint density at radius 3 is 2.56 bits per heavy atom. The minimum Gasteiger partial charge on any atom is -0.370 e. The summed E-state index contributed by atoms with van der Waals surface area (Å²) >= 11 is 19.3. The van der Waals surface area contributed by atoms with Gasteiger partial charge in [-0.2, -0.15) is 0 Å². The Morgan fingerprint density at radius 2 is 1.89 bits per heavy atom. The number of hydrogen-bond donors (Lipinski definition) is 1. The van der Waals surface area contributed by atoms with Crippen LogP contribution in [0.5, 0.6) is 0 Å². The van der Waals surface area contributed by atoms with E-state index in [1.807, 2.05) is 5.38 Å². The lowest BCUT2D eigenvalue weighted by Crippen LogP contribution is -2.42. The summed E-state index contributed by atoms with van der Waals surface area (Å²) in [7, 11) is -4.00. The third-order valence-electron chi connectivity index (χ3n) is 3.95. The first-order chi connectivity index (χ1) is 12.8. The van der Waals surface area contributed by atoms with Crippen LogP contribution in [-0.4, -0.2) is 45.5 Å². The number of carbonyl (C=O) groups excluding carboxylic acids is 1. The van der Waals surface area contributed by atoms with Gasteiger partial charge in [0, 0.05) is 23.5 Å². The van der Waals surface area contributed by atoms with E-state index in [0.717, 1.165) is 5.56 Å². The predicted molar refractivity (Wildman–Crippen MR) is 108 cm³/mol. The van der Waals surface area contributed by atoms with Gasteiger partial charge in [-0.1, -0.05) is 34.8 Å². The number of ether oxygens (including phenoxy) is 1. The Bertz CT molecular complexity index is 939. The summed E-state index contributed by atoms with van der Waals surface area (Å²) in [4.78, 5) is 13.3. The SMILES string of the molecule is O=C1COCCN1CCc1cscc1NS(=O)(=O)c1c(Cl)cc(Cl)cc1Cl. The number of hydrogen-bond acceptors (Lipinski definition) is 5. The van der Waals surface area contributed by atoms with Crippen molar-refractivity contribution in [2.24, 2.45) is 0 Å². The van der Waals surface area contributed by atoms with Gasteiger partial charge >= 0.3 is 0 Å². The van der Waals surface area contributed by atoms with Crippen LogP contribution in [0.15, 0.2) is 27.8 Å². The van der Waals surface area contributed by atoms with Crippen molar-refractivity contribution in [2.75, 3.05) is 31.0 Å². The van der Waals surface area contributed by atoms with E-state index in [1.54, 1.807) is 10.3 Å². The topological polar surface area (TPSA) is 75.7 Å². The number of morpholine rings is 1. The minimum atomic E-state index is -4.00. The predicted octanol–water partition coefficient (Wildman–Crippen LogP) is 3.91. The van der Waals surface area contributed by atoms with Crippen LogP contribution in [0.25, 0.3) is 0 Å². The first-order valence-corrected chi connectivity index (χ1v) is 11.4. The van der Waals surface area contributed by atoms with Gasteiger partial charge in [-0.25, -0.2) is 8.42 Å². The first-order valence-electron chi connectivity index (χ1n) is 7.86. The molecule has 1 aliphatic heterocycles. The largest absolute Gasteiger partial charge is 0.370 e. The van der Waals surface area contributed by atoms with Crippen LogP contribution in [0.4, 0.5) is 5.69 Å². The van der Waals surface area contributed by atoms with E-state index in [0.29, 0.717) is 31.8 Å². The molecule has 3 rings (SSSR count). The third-order valence-corrected chi connectivity index (χ3v) is 7.25. The maximum atomic E-state index is 12.8. The highest BCUT2D eigenvalue weighted by atomic mass is 35.5. The second-order valence-corrected chi connectivity index (χ2v) is 9.41. The summed E-state index contributed by atoms with van der Waals surface area (Å²) < 4.78 is 33.2. The van der Waals surface area contributed by atoms with Crippen molar-refractivity contribution >= 4 is 67.8 Å². The molecule has 2 aromatic rings. The van der Waals surface area contributed by atoms with Crippen LogP contribution in [0.3, 0.4) is 0 Å². The van der Waals surface area contributed by atoms with Crippen molar-refractivity contribution in [1.82, 2.24) is 4.90 Å². The highest BCUT2D eigenvalue weighted by Crippen LogP contribution is 2.34. The van der Waals surface area contributed by atoms with E-state index < -0.39 is 10.0 Å². The van der Waals surface area contributed by atoms with Crippen LogP contribution in [0.2, 0.25) is 15.1 Å². The molecular weight excluding hydrogens is 455 g/mol. The molecule has 0 radical (unpaired) electrons. The summed E-state index contributed by atoms with van der Waals surface area (Å²) in [5.74, 6) is -0.0710. The monoisotopic (exact) mass is 468 g/mol. The summed E-state index contributed by atoms with van der Waals surface area (Å²) in [5, 5.41) is 3.65. The van der Waals surface area contributed by atoms with E-state index in [-0.39, 0.29) is 32.5 Å². The van der Waals surface area contributed by atoms with Crippen LogP contribution >= 0.6 is 46.1 Å². The molecule has 6 nitrogen and oxygen atoms in total. The number of halogens is 3. The highest BCUT2D eigenvalue weighted by Gasteiger charge is 2.24. The van der Waals surface area contributed by atoms with Crippen molar-refractivity contribution in [3.8, 4) is 0 Å². The zero-order valence-corrected chi connectivity index (χ0v) is 17.8. The Hall–Kier alpha value is -1.03. The van der Waals surface area contributed by atoms with Crippen molar-refractivity contribution in [1.29, 1.82) is 0 Å². The highest BCUT2D eigenvalue weighted by molar-refractivity contribution is 7.93. The van der Waals surface area contributed by atoms with Gasteiger partial charge in [-0.05, 0) is 29.5 Å². The van der Waals surface area contributed by atoms with Crippen molar-refractivity contribution in [3.05, 3.63) is 43.5 Å². The lowest BCUT2D eigenvalue weighted by Gasteiger charge is -2.26. The number of nitrogens with zero attached hydrogens (tertiary/aromatic N) is 1. The van der Waals surface area contributed by atoms with Crippen molar-refractivity contribution in [2.45, 2.75) is 11.3 Å². The molecule has 11 heteroatoms. The second kappa shape index (κ2) is 8.55. The van der Waals surface area contributed by atoms with Gasteiger partial charge in [0.25, 0.3) is 10.0 Å². The van der Waals surface area contributed by atoms with Gasteiger partial charge in [-0.15, -0.1) is 11.3 Å². The Kier molecular flexibility index (Phi) is 6.55. The molecule has 146 valence electrons. The van der Waals surface area contributed by atoms with Crippen LogP contribution in [0.1, 0.15) is 5.56 Å². The fourth-order valence-corrected chi connectivity index (χ4v) is 6.17. The Morgan fingerprint density at radius 1 is 1.19 bits per heavy atom. The standard InChI is InChI=1S/C16H15Cl3N2O4S2/c17-11-5-12(18)16(13(19)6-11)27(23,24)20-14-9-26-8-10(14)1-2-21-3-4-25-7-15(21)22/h5-6,8-9,20H,1-4,7H2. The summed E-state index contributed by atoms with van der Waals surface area (Å²) in [6, 6.07) is 2.64. The van der Waals surface area contributed by atoms with E-state index in [9.17, 15) is 13.2 Å². The fraction of sp³-hybridized carbons (Fsp3) is 0.312. The quantitative estimate of drug-likeness (QED) is 0.696. The molecule has 0 bridgehead atoms. The third kappa shape index (κ3) is 4.88. The normalized spacial score (nSPS) is 15.2. The lowest BCUT2D eigenvalue weighted by atomic mass is 10.2. The van der Waals surface area contributed by atoms with E-state index >= 15 is 0 Å². The lowest BCUT2D eigenvalue weighted by molar-refractivity contribution is -0.142. The molecule has 27 heavy (non-hydrogen) atoms. The van der Waals surface area contributed by atoms with Gasteiger partial charge < -0.3 is 9.64 Å². The molecule has 1 amide bonds. The minimum absolute atomic E-state index is 0.0595. The number of benzene rings is 1. The number of sulfonamides is 1. The number of nitrogens with one attached hydrogen (secondary N) is 1. The molecule has 0 aliphatic carbocycles. The van der Waals surface area contributed by atoms with E-state index in [4.69, 9.17) is 39.5 Å². The van der Waals surface area contributed by atoms with Crippen LogP contribution < -0.4 is 4.72 Å². The van der Waals surface area contributed by atoms with E-state index in [1.165, 1.54) is 23.5 Å². The molecule has 0 saturated carbocycles. The van der Waals surface area contributed by atoms with Gasteiger partial charge in [0.15, 0.2) is 0 Å². The molecule has 1 fully saturated rings. The first kappa shape index (κ1) is 20.7. The molecule has 1 aliphatic rings. The molecule has 0 unspecified atom stereocenters. The maximum Gasteiger partial charge on any atom is 0.264 e. The summed E-state index contributed by atoms with van der Waals surface area (Å²) in [6.45, 7) is 1.59. The number of amides is 1. The second-order valence-electron chi connectivity index (χ2n) is 5.80. The molecule has 1 aromatic heterocycles. The smallest absolute Gasteiger partial charge is 0.264 e. The molecule has 1 aromatic carbocycles. The zero-order valence-electron chi connectivity index (χ0n) is 13.9. The van der Waals surface area contributed by atoms with Gasteiger partial charge in [0.1, 0.15) is 11.5 Å². The number of carbonyl (C=O) groups is 1. The molecule has 0 spiro atoms. The average Bonchev–Trinajstić information content (AvgIpc) is 2.99. The maximum absolute atomic E-state index is 12.8. The summed E-state index contributed by atoms with van der Waals surface area (Å²) in [5.41, 5.74) is 1.21. The molecule has 2 heterocycles. The number of rotatable bonds is 6. The van der Waals surface area contributed by atoms with Crippen molar-refractivity contribution in [3.63, 3.8) is 0 Å². The van der Waals surface area contributed by atoms with Crippen molar-refractivity contribution < 1.29 is 17.9 Å². The number of anilines is 1. The fourth-order valence-electron chi connectivity index (χ4n) is 2.63. The number of thiophene rings is 1. The average molecular weight is 470 g/mol. The Balaban J connectivity index is 1.77. The van der Waals surface area contributed by atoms with Gasteiger partial charge in [-0.3, -0.25) is 9.52 Å². The Labute approximate surface area is 176 Å². The zero-order chi connectivity index (χ0) is 19.6. The van der Waals surface area contributed by atoms with Gasteiger partial charge in [0.2, 0.25) is 5.91 Å². The van der Waals surface area contributed by atoms with Crippen LogP contribution in [-0.2, 0) is 26.0 Å².